The maximum absolute atomic E-state index is 11.9. The Balaban J connectivity index is 3.36. The second-order valence-electron chi connectivity index (χ2n) is 3.70. The Morgan fingerprint density at radius 1 is 1.31 bits per heavy atom. The second kappa shape index (κ2) is 4.99. The molecular formula is C12H17NO3. The standard InChI is InChI=1S/C12H17NO3/c1-7-5-9(11(14)8(2)13)12(16-4)10(6-7)15-3/h5-6,8H,13H2,1-4H3. The molecule has 2 N–H and O–H groups in total. The molecule has 1 unspecified atom stereocenters. The molecular weight excluding hydrogens is 206 g/mol. The van der Waals surface area contributed by atoms with Crippen LogP contribution in [0.15, 0.2) is 12.1 Å². The highest BCUT2D eigenvalue weighted by Crippen LogP contribution is 2.32. The Bertz CT molecular complexity index is 399. The molecule has 1 aromatic rings. The summed E-state index contributed by atoms with van der Waals surface area (Å²) in [5, 5.41) is 0. The van der Waals surface area contributed by atoms with Crippen LogP contribution in [0.2, 0.25) is 0 Å². The van der Waals surface area contributed by atoms with Crippen LogP contribution < -0.4 is 15.2 Å². The summed E-state index contributed by atoms with van der Waals surface area (Å²) in [6, 6.07) is 3.02. The van der Waals surface area contributed by atoms with Crippen molar-refractivity contribution in [2.45, 2.75) is 19.9 Å². The molecule has 1 rings (SSSR count). The molecule has 0 amide bonds. The van der Waals surface area contributed by atoms with E-state index in [9.17, 15) is 4.79 Å². The van der Waals surface area contributed by atoms with Crippen LogP contribution in [0.3, 0.4) is 0 Å². The lowest BCUT2D eigenvalue weighted by Crippen LogP contribution is -2.27. The van der Waals surface area contributed by atoms with Gasteiger partial charge >= 0.3 is 0 Å². The number of hydrogen-bond acceptors (Lipinski definition) is 4. The van der Waals surface area contributed by atoms with Gasteiger partial charge in [-0.1, -0.05) is 0 Å². The predicted molar refractivity (Wildman–Crippen MR) is 62.3 cm³/mol. The van der Waals surface area contributed by atoms with Gasteiger partial charge in [0.2, 0.25) is 0 Å². The van der Waals surface area contributed by atoms with E-state index in [0.717, 1.165) is 5.56 Å². The zero-order valence-corrected chi connectivity index (χ0v) is 10.0. The molecule has 0 aliphatic heterocycles. The van der Waals surface area contributed by atoms with Crippen molar-refractivity contribution < 1.29 is 14.3 Å². The quantitative estimate of drug-likeness (QED) is 0.786. The highest BCUT2D eigenvalue weighted by molar-refractivity contribution is 6.02. The van der Waals surface area contributed by atoms with Crippen LogP contribution in [0.25, 0.3) is 0 Å². The lowest BCUT2D eigenvalue weighted by Gasteiger charge is -2.14. The molecule has 16 heavy (non-hydrogen) atoms. The number of rotatable bonds is 4. The topological polar surface area (TPSA) is 61.5 Å². The number of carbonyl (C=O) groups excluding carboxylic acids is 1. The first-order valence-electron chi connectivity index (χ1n) is 5.03. The normalized spacial score (nSPS) is 12.1. The molecule has 88 valence electrons. The first kappa shape index (κ1) is 12.5. The van der Waals surface area contributed by atoms with E-state index >= 15 is 0 Å². The van der Waals surface area contributed by atoms with E-state index in [1.165, 1.54) is 14.2 Å². The van der Waals surface area contributed by atoms with Crippen LogP contribution in [-0.4, -0.2) is 26.0 Å². The average Bonchev–Trinajstić information content (AvgIpc) is 2.26. The van der Waals surface area contributed by atoms with Crippen molar-refractivity contribution in [1.29, 1.82) is 0 Å². The number of aryl methyl sites for hydroxylation is 1. The summed E-state index contributed by atoms with van der Waals surface area (Å²) in [6.07, 6.45) is 0. The fraction of sp³-hybridized carbons (Fsp3) is 0.417. The first-order chi connectivity index (χ1) is 7.51. The lowest BCUT2D eigenvalue weighted by molar-refractivity contribution is 0.0964. The lowest BCUT2D eigenvalue weighted by atomic mass is 10.0. The third-order valence-electron chi connectivity index (χ3n) is 2.30. The molecule has 0 fully saturated rings. The van der Waals surface area contributed by atoms with Gasteiger partial charge in [0, 0.05) is 0 Å². The predicted octanol–water partition coefficient (Wildman–Crippen LogP) is 1.54. The van der Waals surface area contributed by atoms with Crippen LogP contribution in [0.1, 0.15) is 22.8 Å². The van der Waals surface area contributed by atoms with Crippen LogP contribution >= 0.6 is 0 Å². The van der Waals surface area contributed by atoms with E-state index in [1.807, 2.05) is 13.0 Å². The van der Waals surface area contributed by atoms with E-state index in [1.54, 1.807) is 13.0 Å². The molecule has 0 aliphatic carbocycles. The summed E-state index contributed by atoms with van der Waals surface area (Å²) in [5.74, 6) is 0.834. The summed E-state index contributed by atoms with van der Waals surface area (Å²) in [6.45, 7) is 3.54. The summed E-state index contributed by atoms with van der Waals surface area (Å²) >= 11 is 0. The zero-order chi connectivity index (χ0) is 12.3. The van der Waals surface area contributed by atoms with E-state index in [2.05, 4.69) is 0 Å². The van der Waals surface area contributed by atoms with Crippen molar-refractivity contribution in [2.24, 2.45) is 5.73 Å². The number of carbonyl (C=O) groups is 1. The number of methoxy groups -OCH3 is 2. The van der Waals surface area contributed by atoms with Crippen molar-refractivity contribution in [2.75, 3.05) is 14.2 Å². The number of benzene rings is 1. The van der Waals surface area contributed by atoms with Gasteiger partial charge in [0.25, 0.3) is 0 Å². The number of nitrogens with two attached hydrogens (primary N) is 1. The molecule has 0 saturated heterocycles. The average molecular weight is 223 g/mol. The van der Waals surface area contributed by atoms with Crippen molar-refractivity contribution in [3.8, 4) is 11.5 Å². The highest BCUT2D eigenvalue weighted by Gasteiger charge is 2.19. The fourth-order valence-corrected chi connectivity index (χ4v) is 1.53. The van der Waals surface area contributed by atoms with Crippen molar-refractivity contribution in [1.82, 2.24) is 0 Å². The summed E-state index contributed by atoms with van der Waals surface area (Å²) in [7, 11) is 3.04. The monoisotopic (exact) mass is 223 g/mol. The van der Waals surface area contributed by atoms with Crippen molar-refractivity contribution in [3.05, 3.63) is 23.3 Å². The number of ketones is 1. The van der Waals surface area contributed by atoms with E-state index < -0.39 is 6.04 Å². The third kappa shape index (κ3) is 2.33. The molecule has 4 nitrogen and oxygen atoms in total. The molecule has 0 aromatic heterocycles. The SMILES string of the molecule is COc1cc(C)cc(C(=O)C(C)N)c1OC. The summed E-state index contributed by atoms with van der Waals surface area (Å²) < 4.78 is 10.4. The first-order valence-corrected chi connectivity index (χ1v) is 5.03. The van der Waals surface area contributed by atoms with Crippen molar-refractivity contribution in [3.63, 3.8) is 0 Å². The Hall–Kier alpha value is -1.55. The molecule has 0 radical (unpaired) electrons. The maximum Gasteiger partial charge on any atom is 0.183 e. The van der Waals surface area contributed by atoms with Crippen LogP contribution in [0, 0.1) is 6.92 Å². The highest BCUT2D eigenvalue weighted by atomic mass is 16.5. The molecule has 0 saturated carbocycles. The van der Waals surface area contributed by atoms with E-state index in [-0.39, 0.29) is 5.78 Å². The van der Waals surface area contributed by atoms with Gasteiger partial charge in [-0.05, 0) is 31.5 Å². The Morgan fingerprint density at radius 2 is 1.94 bits per heavy atom. The number of hydrogen-bond donors (Lipinski definition) is 1. The van der Waals surface area contributed by atoms with Crippen molar-refractivity contribution >= 4 is 5.78 Å². The Morgan fingerprint density at radius 3 is 2.38 bits per heavy atom. The van der Waals surface area contributed by atoms with Gasteiger partial charge in [0.15, 0.2) is 17.3 Å². The molecule has 1 atom stereocenters. The van der Waals surface area contributed by atoms with Gasteiger partial charge in [0.05, 0.1) is 25.8 Å². The van der Waals surface area contributed by atoms with Crippen LogP contribution in [0.5, 0.6) is 11.5 Å². The number of ether oxygens (including phenoxy) is 2. The van der Waals surface area contributed by atoms with Gasteiger partial charge in [-0.15, -0.1) is 0 Å². The van der Waals surface area contributed by atoms with E-state index in [4.69, 9.17) is 15.2 Å². The minimum atomic E-state index is -0.555. The third-order valence-corrected chi connectivity index (χ3v) is 2.30. The minimum Gasteiger partial charge on any atom is -0.493 e. The summed E-state index contributed by atoms with van der Waals surface area (Å²) in [4.78, 5) is 11.9. The van der Waals surface area contributed by atoms with Gasteiger partial charge in [-0.25, -0.2) is 0 Å². The smallest absolute Gasteiger partial charge is 0.183 e. The largest absolute Gasteiger partial charge is 0.493 e. The number of Topliss-reactive ketones (excluding diaryl/α,β-unsaturated/α-hetero) is 1. The molecule has 1 aromatic carbocycles. The molecule has 0 bridgehead atoms. The Kier molecular flexibility index (Phi) is 3.90. The van der Waals surface area contributed by atoms with Crippen LogP contribution in [0.4, 0.5) is 0 Å². The Labute approximate surface area is 95.3 Å². The second-order valence-corrected chi connectivity index (χ2v) is 3.70. The zero-order valence-electron chi connectivity index (χ0n) is 10.0. The molecule has 0 aliphatic rings. The molecule has 0 heterocycles. The van der Waals surface area contributed by atoms with Gasteiger partial charge in [-0.3, -0.25) is 4.79 Å². The summed E-state index contributed by atoms with van der Waals surface area (Å²) in [5.41, 5.74) is 6.99. The maximum atomic E-state index is 11.9. The van der Waals surface area contributed by atoms with Gasteiger partial charge in [0.1, 0.15) is 0 Å². The minimum absolute atomic E-state index is 0.154. The van der Waals surface area contributed by atoms with E-state index in [0.29, 0.717) is 17.1 Å². The molecule has 0 spiro atoms. The molecule has 4 heteroatoms. The fourth-order valence-electron chi connectivity index (χ4n) is 1.53. The van der Waals surface area contributed by atoms with Gasteiger partial charge in [-0.2, -0.15) is 0 Å². The van der Waals surface area contributed by atoms with Gasteiger partial charge < -0.3 is 15.2 Å². The van der Waals surface area contributed by atoms with Crippen LogP contribution in [-0.2, 0) is 0 Å².